The fourth-order valence-electron chi connectivity index (χ4n) is 2.66. The van der Waals surface area contributed by atoms with Crippen LogP contribution in [0.1, 0.15) is 11.1 Å². The highest BCUT2D eigenvalue weighted by molar-refractivity contribution is 7.92. The SMILES string of the molecule is COCCOc1ccc(S(=O)(=O)Nc2ccc(Cn3cccn3)cc2)cc1C. The highest BCUT2D eigenvalue weighted by atomic mass is 32.2. The van der Waals surface area contributed by atoms with Crippen LogP contribution in [0.3, 0.4) is 0 Å². The number of methoxy groups -OCH3 is 1. The van der Waals surface area contributed by atoms with Gasteiger partial charge in [-0.2, -0.15) is 5.10 Å². The number of rotatable bonds is 9. The number of sulfonamides is 1. The summed E-state index contributed by atoms with van der Waals surface area (Å²) in [6.07, 6.45) is 3.60. The van der Waals surface area contributed by atoms with Gasteiger partial charge in [0, 0.05) is 25.2 Å². The van der Waals surface area contributed by atoms with Gasteiger partial charge in [-0.05, 0) is 54.4 Å². The summed E-state index contributed by atoms with van der Waals surface area (Å²) in [6, 6.07) is 13.9. The summed E-state index contributed by atoms with van der Waals surface area (Å²) < 4.78 is 40.3. The Balaban J connectivity index is 1.68. The van der Waals surface area contributed by atoms with Gasteiger partial charge in [-0.3, -0.25) is 9.40 Å². The number of hydrogen-bond acceptors (Lipinski definition) is 5. The molecule has 0 fully saturated rings. The van der Waals surface area contributed by atoms with E-state index in [0.717, 1.165) is 11.1 Å². The number of ether oxygens (including phenoxy) is 2. The van der Waals surface area contributed by atoms with Crippen molar-refractivity contribution < 1.29 is 17.9 Å². The van der Waals surface area contributed by atoms with Gasteiger partial charge in [-0.25, -0.2) is 8.42 Å². The summed E-state index contributed by atoms with van der Waals surface area (Å²) in [5, 5.41) is 4.16. The van der Waals surface area contributed by atoms with Gasteiger partial charge in [-0.15, -0.1) is 0 Å². The van der Waals surface area contributed by atoms with E-state index >= 15 is 0 Å². The second-order valence-corrected chi connectivity index (χ2v) is 7.96. The van der Waals surface area contributed by atoms with Crippen LogP contribution in [-0.4, -0.2) is 38.5 Å². The van der Waals surface area contributed by atoms with Crippen molar-refractivity contribution in [1.29, 1.82) is 0 Å². The van der Waals surface area contributed by atoms with Crippen molar-refractivity contribution in [3.8, 4) is 5.75 Å². The van der Waals surface area contributed by atoms with Gasteiger partial charge >= 0.3 is 0 Å². The highest BCUT2D eigenvalue weighted by Crippen LogP contribution is 2.23. The second-order valence-electron chi connectivity index (χ2n) is 6.27. The van der Waals surface area contributed by atoms with E-state index in [1.807, 2.05) is 31.3 Å². The monoisotopic (exact) mass is 401 g/mol. The summed E-state index contributed by atoms with van der Waals surface area (Å²) in [5.74, 6) is 0.638. The lowest BCUT2D eigenvalue weighted by molar-refractivity contribution is 0.146. The topological polar surface area (TPSA) is 82.5 Å². The first kappa shape index (κ1) is 19.9. The third kappa shape index (κ3) is 5.11. The van der Waals surface area contributed by atoms with Crippen molar-refractivity contribution in [1.82, 2.24) is 9.78 Å². The van der Waals surface area contributed by atoms with Crippen molar-refractivity contribution in [3.05, 3.63) is 72.1 Å². The largest absolute Gasteiger partial charge is 0.491 e. The molecule has 8 heteroatoms. The van der Waals surface area contributed by atoms with Crippen molar-refractivity contribution >= 4 is 15.7 Å². The summed E-state index contributed by atoms with van der Waals surface area (Å²) in [6.45, 7) is 3.32. The van der Waals surface area contributed by atoms with Crippen LogP contribution < -0.4 is 9.46 Å². The normalized spacial score (nSPS) is 11.4. The number of anilines is 1. The zero-order valence-corrected chi connectivity index (χ0v) is 16.6. The molecule has 0 aliphatic heterocycles. The predicted molar refractivity (Wildman–Crippen MR) is 107 cm³/mol. The van der Waals surface area contributed by atoms with Gasteiger partial charge in [0.25, 0.3) is 10.0 Å². The molecule has 0 aliphatic rings. The molecule has 3 rings (SSSR count). The lowest BCUT2D eigenvalue weighted by Gasteiger charge is -2.12. The average Bonchev–Trinajstić information content (AvgIpc) is 3.17. The summed E-state index contributed by atoms with van der Waals surface area (Å²) >= 11 is 0. The maximum absolute atomic E-state index is 12.7. The Morgan fingerprint density at radius 3 is 2.54 bits per heavy atom. The van der Waals surface area contributed by atoms with Gasteiger partial charge in [0.1, 0.15) is 12.4 Å². The Hall–Kier alpha value is -2.84. The maximum atomic E-state index is 12.7. The number of hydrogen-bond donors (Lipinski definition) is 1. The Morgan fingerprint density at radius 1 is 1.11 bits per heavy atom. The van der Waals surface area contributed by atoms with Crippen LogP contribution in [0.4, 0.5) is 5.69 Å². The number of nitrogens with one attached hydrogen (secondary N) is 1. The van der Waals surface area contributed by atoms with E-state index < -0.39 is 10.0 Å². The highest BCUT2D eigenvalue weighted by Gasteiger charge is 2.16. The van der Waals surface area contributed by atoms with E-state index in [9.17, 15) is 8.42 Å². The van der Waals surface area contributed by atoms with Gasteiger partial charge in [0.15, 0.2) is 0 Å². The van der Waals surface area contributed by atoms with Gasteiger partial charge < -0.3 is 9.47 Å². The molecule has 1 aromatic heterocycles. The molecule has 7 nitrogen and oxygen atoms in total. The van der Waals surface area contributed by atoms with E-state index in [2.05, 4.69) is 9.82 Å². The van der Waals surface area contributed by atoms with Crippen LogP contribution in [0.15, 0.2) is 65.8 Å². The van der Waals surface area contributed by atoms with Crippen LogP contribution in [0.2, 0.25) is 0 Å². The molecule has 0 atom stereocenters. The fraction of sp³-hybridized carbons (Fsp3) is 0.250. The Morgan fingerprint density at radius 2 is 1.89 bits per heavy atom. The van der Waals surface area contributed by atoms with Crippen molar-refractivity contribution in [2.24, 2.45) is 0 Å². The molecule has 0 saturated heterocycles. The molecule has 28 heavy (non-hydrogen) atoms. The van der Waals surface area contributed by atoms with E-state index in [0.29, 0.717) is 31.2 Å². The lowest BCUT2D eigenvalue weighted by atomic mass is 10.2. The zero-order chi connectivity index (χ0) is 20.0. The number of benzene rings is 2. The molecule has 0 aliphatic carbocycles. The predicted octanol–water partition coefficient (Wildman–Crippen LogP) is 3.07. The Bertz CT molecular complexity index is 1000. The molecule has 1 N–H and O–H groups in total. The van der Waals surface area contributed by atoms with Crippen molar-refractivity contribution in [2.75, 3.05) is 25.0 Å². The fourth-order valence-corrected chi connectivity index (χ4v) is 3.80. The quantitative estimate of drug-likeness (QED) is 0.557. The summed E-state index contributed by atoms with van der Waals surface area (Å²) in [7, 11) is -2.09. The van der Waals surface area contributed by atoms with Crippen LogP contribution in [0.25, 0.3) is 0 Å². The molecule has 0 amide bonds. The molecule has 3 aromatic rings. The zero-order valence-electron chi connectivity index (χ0n) is 15.8. The lowest BCUT2D eigenvalue weighted by Crippen LogP contribution is -2.13. The molecule has 0 spiro atoms. The van der Waals surface area contributed by atoms with E-state index in [1.165, 1.54) is 6.07 Å². The van der Waals surface area contributed by atoms with Crippen LogP contribution in [-0.2, 0) is 21.3 Å². The third-order valence-electron chi connectivity index (χ3n) is 4.11. The second kappa shape index (κ2) is 8.90. The standard InChI is InChI=1S/C20H23N3O4S/c1-16-14-19(8-9-20(16)27-13-12-26-2)28(24,25)22-18-6-4-17(5-7-18)15-23-11-3-10-21-23/h3-11,14,22H,12-13,15H2,1-2H3. The number of aromatic nitrogens is 2. The number of aryl methyl sites for hydroxylation is 1. The summed E-state index contributed by atoms with van der Waals surface area (Å²) in [5.41, 5.74) is 2.27. The molecular weight excluding hydrogens is 378 g/mol. The third-order valence-corrected chi connectivity index (χ3v) is 5.49. The maximum Gasteiger partial charge on any atom is 0.261 e. The first-order valence-electron chi connectivity index (χ1n) is 8.79. The molecular formula is C20H23N3O4S. The smallest absolute Gasteiger partial charge is 0.261 e. The van der Waals surface area contributed by atoms with E-state index in [-0.39, 0.29) is 4.90 Å². The minimum absolute atomic E-state index is 0.185. The minimum atomic E-state index is -3.69. The van der Waals surface area contributed by atoms with E-state index in [1.54, 1.807) is 42.3 Å². The van der Waals surface area contributed by atoms with Gasteiger partial charge in [0.2, 0.25) is 0 Å². The molecule has 0 radical (unpaired) electrons. The molecule has 0 saturated carbocycles. The van der Waals surface area contributed by atoms with E-state index in [4.69, 9.17) is 9.47 Å². The van der Waals surface area contributed by atoms with Crippen LogP contribution >= 0.6 is 0 Å². The molecule has 1 heterocycles. The van der Waals surface area contributed by atoms with Crippen LogP contribution in [0.5, 0.6) is 5.75 Å². The van der Waals surface area contributed by atoms with Crippen LogP contribution in [0, 0.1) is 6.92 Å². The molecule has 0 bridgehead atoms. The van der Waals surface area contributed by atoms with Gasteiger partial charge in [-0.1, -0.05) is 12.1 Å². The first-order chi connectivity index (χ1) is 13.5. The first-order valence-corrected chi connectivity index (χ1v) is 10.3. The van der Waals surface area contributed by atoms with Crippen molar-refractivity contribution in [3.63, 3.8) is 0 Å². The molecule has 0 unspecified atom stereocenters. The Labute approximate surface area is 165 Å². The summed E-state index contributed by atoms with van der Waals surface area (Å²) in [4.78, 5) is 0.185. The number of nitrogens with zero attached hydrogens (tertiary/aromatic N) is 2. The minimum Gasteiger partial charge on any atom is -0.491 e. The van der Waals surface area contributed by atoms with Gasteiger partial charge in [0.05, 0.1) is 18.0 Å². The molecule has 2 aromatic carbocycles. The average molecular weight is 401 g/mol. The van der Waals surface area contributed by atoms with Crippen molar-refractivity contribution in [2.45, 2.75) is 18.4 Å². The molecule has 148 valence electrons. The Kier molecular flexibility index (Phi) is 6.33.